The van der Waals surface area contributed by atoms with Crippen molar-refractivity contribution in [2.24, 2.45) is 0 Å². The Labute approximate surface area is 136 Å². The molecular weight excluding hydrogens is 306 g/mol. The highest BCUT2D eigenvalue weighted by molar-refractivity contribution is 5.81. The summed E-state index contributed by atoms with van der Waals surface area (Å²) in [4.78, 5) is 22.9. The molecule has 3 unspecified atom stereocenters. The first kappa shape index (κ1) is 21.7. The smallest absolute Gasteiger partial charge is 0.246 e. The van der Waals surface area contributed by atoms with E-state index in [-0.39, 0.29) is 37.7 Å². The second kappa shape index (κ2) is 13.2. The van der Waals surface area contributed by atoms with Gasteiger partial charge < -0.3 is 35.6 Å². The highest BCUT2D eigenvalue weighted by Gasteiger charge is 2.13. The topological polar surface area (TPSA) is 129 Å². The van der Waals surface area contributed by atoms with Gasteiger partial charge in [0.2, 0.25) is 11.8 Å². The Bertz CT molecular complexity index is 336. The highest BCUT2D eigenvalue weighted by Crippen LogP contribution is 1.90. The summed E-state index contributed by atoms with van der Waals surface area (Å²) < 4.78 is 10.4. The largest absolute Gasteiger partial charge is 0.394 e. The van der Waals surface area contributed by atoms with Crippen LogP contribution in [-0.2, 0) is 19.1 Å². The zero-order valence-corrected chi connectivity index (χ0v) is 14.0. The molecule has 0 rings (SSSR count). The Balaban J connectivity index is 3.50. The lowest BCUT2D eigenvalue weighted by molar-refractivity contribution is -0.128. The number of aliphatic hydroxyl groups is 2. The van der Waals surface area contributed by atoms with Gasteiger partial charge in [0.1, 0.15) is 12.6 Å². The first-order valence-corrected chi connectivity index (χ1v) is 7.61. The van der Waals surface area contributed by atoms with Crippen molar-refractivity contribution in [1.29, 1.82) is 0 Å². The number of amides is 2. The molecule has 0 aromatic heterocycles. The lowest BCUT2D eigenvalue weighted by Gasteiger charge is -2.16. The summed E-state index contributed by atoms with van der Waals surface area (Å²) >= 11 is 0. The lowest BCUT2D eigenvalue weighted by atomic mass is 10.2. The molecule has 136 valence electrons. The molecule has 2 amide bonds. The Hall–Kier alpha value is -1.26. The first-order chi connectivity index (χ1) is 10.9. The van der Waals surface area contributed by atoms with Crippen LogP contribution in [0.4, 0.5) is 0 Å². The highest BCUT2D eigenvalue weighted by atomic mass is 16.5. The van der Waals surface area contributed by atoms with Gasteiger partial charge >= 0.3 is 0 Å². The molecule has 23 heavy (non-hydrogen) atoms. The Morgan fingerprint density at radius 3 is 2.35 bits per heavy atom. The molecule has 0 aromatic carbocycles. The number of carbonyl (C=O) groups is 2. The molecule has 9 heteroatoms. The Morgan fingerprint density at radius 2 is 1.78 bits per heavy atom. The molecule has 0 fully saturated rings. The quantitative estimate of drug-likeness (QED) is 0.237. The molecule has 0 radical (unpaired) electrons. The summed E-state index contributed by atoms with van der Waals surface area (Å²) in [5.74, 6) is -0.591. The molecule has 0 aromatic rings. The first-order valence-electron chi connectivity index (χ1n) is 7.61. The molecule has 5 N–H and O–H groups in total. The molecule has 0 aliphatic rings. The lowest BCUT2D eigenvalue weighted by Crippen LogP contribution is -2.45. The molecule has 0 saturated carbocycles. The van der Waals surface area contributed by atoms with Crippen molar-refractivity contribution in [3.63, 3.8) is 0 Å². The molecule has 0 spiro atoms. The Morgan fingerprint density at radius 1 is 1.13 bits per heavy atom. The molecule has 3 atom stereocenters. The van der Waals surface area contributed by atoms with E-state index in [9.17, 15) is 14.7 Å². The predicted octanol–water partition coefficient (Wildman–Crippen LogP) is -2.40. The summed E-state index contributed by atoms with van der Waals surface area (Å²) in [7, 11) is 1.59. The normalized spacial score (nSPS) is 14.8. The number of carbonyl (C=O) groups excluding carboxylic acids is 2. The van der Waals surface area contributed by atoms with E-state index in [1.807, 2.05) is 0 Å². The minimum atomic E-state index is -0.624. The SMILES string of the molecule is CNC(CO)C(=O)NCCOCCOCC(=O)NC(C)C(C)O. The van der Waals surface area contributed by atoms with Crippen LogP contribution in [0, 0.1) is 0 Å². The van der Waals surface area contributed by atoms with E-state index in [0.29, 0.717) is 19.8 Å². The summed E-state index contributed by atoms with van der Waals surface area (Å²) in [6, 6.07) is -0.952. The van der Waals surface area contributed by atoms with Crippen LogP contribution >= 0.6 is 0 Å². The van der Waals surface area contributed by atoms with Crippen molar-refractivity contribution in [2.75, 3.05) is 46.6 Å². The van der Waals surface area contributed by atoms with Crippen molar-refractivity contribution in [3.8, 4) is 0 Å². The van der Waals surface area contributed by atoms with Gasteiger partial charge in [0.25, 0.3) is 0 Å². The number of hydrogen-bond acceptors (Lipinski definition) is 7. The standard InChI is InChI=1S/C14H29N3O6/c1-10(11(2)19)17-13(20)9-23-7-6-22-5-4-16-14(21)12(8-18)15-3/h10-12,15,18-19H,4-9H2,1-3H3,(H,16,21)(H,17,20). The average Bonchev–Trinajstić information content (AvgIpc) is 2.50. The second-order valence-corrected chi connectivity index (χ2v) is 5.08. The maximum Gasteiger partial charge on any atom is 0.246 e. The van der Waals surface area contributed by atoms with E-state index >= 15 is 0 Å². The van der Waals surface area contributed by atoms with Gasteiger partial charge in [0.05, 0.1) is 38.6 Å². The van der Waals surface area contributed by atoms with Gasteiger partial charge in [-0.15, -0.1) is 0 Å². The number of aliphatic hydroxyl groups excluding tert-OH is 2. The molecular formula is C14H29N3O6. The fourth-order valence-corrected chi connectivity index (χ4v) is 1.48. The monoisotopic (exact) mass is 335 g/mol. The molecule has 0 heterocycles. The van der Waals surface area contributed by atoms with Crippen molar-refractivity contribution >= 4 is 11.8 Å². The van der Waals surface area contributed by atoms with Gasteiger partial charge in [-0.3, -0.25) is 9.59 Å². The third-order valence-electron chi connectivity index (χ3n) is 3.11. The third-order valence-corrected chi connectivity index (χ3v) is 3.11. The van der Waals surface area contributed by atoms with Gasteiger partial charge in [-0.25, -0.2) is 0 Å². The maximum absolute atomic E-state index is 11.5. The minimum absolute atomic E-state index is 0.0997. The number of nitrogens with one attached hydrogen (secondary N) is 3. The summed E-state index contributed by atoms with van der Waals surface area (Å²) in [6.45, 7) is 4.10. The third kappa shape index (κ3) is 11.0. The Kier molecular flexibility index (Phi) is 12.5. The molecule has 0 aliphatic heterocycles. The van der Waals surface area contributed by atoms with E-state index in [0.717, 1.165) is 0 Å². The number of ether oxygens (including phenoxy) is 2. The van der Waals surface area contributed by atoms with Crippen molar-refractivity contribution < 1.29 is 29.3 Å². The molecule has 0 aliphatic carbocycles. The second-order valence-electron chi connectivity index (χ2n) is 5.08. The summed E-state index contributed by atoms with van der Waals surface area (Å²) in [5.41, 5.74) is 0. The number of likely N-dealkylation sites (N-methyl/N-ethyl adjacent to an activating group) is 1. The predicted molar refractivity (Wildman–Crippen MR) is 83.9 cm³/mol. The molecule has 0 saturated heterocycles. The van der Waals surface area contributed by atoms with Crippen molar-refractivity contribution in [3.05, 3.63) is 0 Å². The van der Waals surface area contributed by atoms with Crippen LogP contribution in [0.5, 0.6) is 0 Å². The summed E-state index contributed by atoms with van der Waals surface area (Å²) in [6.07, 6.45) is -0.620. The van der Waals surface area contributed by atoms with Gasteiger partial charge in [-0.05, 0) is 20.9 Å². The van der Waals surface area contributed by atoms with Gasteiger partial charge in [-0.1, -0.05) is 0 Å². The maximum atomic E-state index is 11.5. The zero-order valence-electron chi connectivity index (χ0n) is 14.0. The van der Waals surface area contributed by atoms with Gasteiger partial charge in [-0.2, -0.15) is 0 Å². The van der Waals surface area contributed by atoms with Crippen LogP contribution in [0.3, 0.4) is 0 Å². The van der Waals surface area contributed by atoms with Crippen LogP contribution in [0.1, 0.15) is 13.8 Å². The van der Waals surface area contributed by atoms with E-state index in [1.54, 1.807) is 20.9 Å². The van der Waals surface area contributed by atoms with E-state index in [4.69, 9.17) is 14.6 Å². The minimum Gasteiger partial charge on any atom is -0.394 e. The van der Waals surface area contributed by atoms with Crippen molar-refractivity contribution in [2.45, 2.75) is 32.0 Å². The molecule has 0 bridgehead atoms. The van der Waals surface area contributed by atoms with Gasteiger partial charge in [0, 0.05) is 6.54 Å². The van der Waals surface area contributed by atoms with Crippen LogP contribution in [0.25, 0.3) is 0 Å². The van der Waals surface area contributed by atoms with E-state index in [1.165, 1.54) is 0 Å². The zero-order chi connectivity index (χ0) is 17.7. The van der Waals surface area contributed by atoms with Crippen LogP contribution in [0.15, 0.2) is 0 Å². The van der Waals surface area contributed by atoms with E-state index < -0.39 is 12.1 Å². The average molecular weight is 335 g/mol. The van der Waals surface area contributed by atoms with Crippen molar-refractivity contribution in [1.82, 2.24) is 16.0 Å². The fourth-order valence-electron chi connectivity index (χ4n) is 1.48. The van der Waals surface area contributed by atoms with Crippen LogP contribution in [0.2, 0.25) is 0 Å². The summed E-state index contributed by atoms with van der Waals surface area (Å²) in [5, 5.41) is 26.0. The van der Waals surface area contributed by atoms with Crippen LogP contribution in [-0.4, -0.2) is 86.8 Å². The number of rotatable bonds is 13. The van der Waals surface area contributed by atoms with E-state index in [2.05, 4.69) is 16.0 Å². The molecule has 9 nitrogen and oxygen atoms in total. The van der Waals surface area contributed by atoms with Gasteiger partial charge in [0.15, 0.2) is 0 Å². The van der Waals surface area contributed by atoms with Crippen LogP contribution < -0.4 is 16.0 Å². The fraction of sp³-hybridized carbons (Fsp3) is 0.857. The number of hydrogen-bond donors (Lipinski definition) is 5.